The molecule has 1 aliphatic rings. The quantitative estimate of drug-likeness (QED) is 0.396. The van der Waals surface area contributed by atoms with Crippen molar-refractivity contribution in [2.45, 2.75) is 45.6 Å². The van der Waals surface area contributed by atoms with Crippen LogP contribution in [0.5, 0.6) is 17.2 Å². The highest BCUT2D eigenvalue weighted by molar-refractivity contribution is 5.88. The molecule has 0 unspecified atom stereocenters. The molecule has 0 aliphatic heterocycles. The number of ether oxygens (including phenoxy) is 3. The normalized spacial score (nSPS) is 13.8. The Bertz CT molecular complexity index is 1340. The summed E-state index contributed by atoms with van der Waals surface area (Å²) < 4.78 is 20.3. The standard InChI is InChI=1S/C25H31N7O3/c1-25(2,3)32-24-17(12-27-32)23(28-20(30-24)9-15-7-8-15)29-21-13-31(14-26-21)16-10-18(33-4)22(35-6)19(11-16)34-5/h10-15H,7-9H2,1-6H3,(H,28,29,30). The molecule has 5 rings (SSSR count). The molecule has 10 nitrogen and oxygen atoms in total. The monoisotopic (exact) mass is 477 g/mol. The molecule has 0 saturated heterocycles. The van der Waals surface area contributed by atoms with E-state index in [0.717, 1.165) is 29.0 Å². The predicted molar refractivity (Wildman–Crippen MR) is 133 cm³/mol. The molecule has 0 amide bonds. The molecule has 1 aliphatic carbocycles. The third-order valence-electron chi connectivity index (χ3n) is 6.06. The van der Waals surface area contributed by atoms with Gasteiger partial charge in [-0.05, 0) is 39.5 Å². The highest BCUT2D eigenvalue weighted by Gasteiger charge is 2.26. The van der Waals surface area contributed by atoms with E-state index >= 15 is 0 Å². The fourth-order valence-corrected chi connectivity index (χ4v) is 4.08. The van der Waals surface area contributed by atoms with Crippen molar-refractivity contribution in [3.8, 4) is 22.9 Å². The molecule has 4 aromatic rings. The first-order chi connectivity index (χ1) is 16.8. The average molecular weight is 478 g/mol. The number of nitrogens with one attached hydrogen (secondary N) is 1. The largest absolute Gasteiger partial charge is 0.493 e. The van der Waals surface area contributed by atoms with Crippen LogP contribution < -0.4 is 19.5 Å². The van der Waals surface area contributed by atoms with Crippen LogP contribution >= 0.6 is 0 Å². The predicted octanol–water partition coefficient (Wildman–Crippen LogP) is 4.49. The van der Waals surface area contributed by atoms with Crippen LogP contribution in [0.4, 0.5) is 11.6 Å². The molecule has 0 bridgehead atoms. The topological polar surface area (TPSA) is 101 Å². The Labute approximate surface area is 204 Å². The number of nitrogens with zero attached hydrogens (tertiary/aromatic N) is 6. The average Bonchev–Trinajstić information content (AvgIpc) is 3.33. The molecule has 35 heavy (non-hydrogen) atoms. The minimum atomic E-state index is -0.196. The molecule has 1 fully saturated rings. The van der Waals surface area contributed by atoms with Gasteiger partial charge in [0, 0.05) is 18.6 Å². The molecule has 184 valence electrons. The van der Waals surface area contributed by atoms with E-state index in [4.69, 9.17) is 24.2 Å². The molecule has 0 spiro atoms. The van der Waals surface area contributed by atoms with E-state index in [1.807, 2.05) is 33.8 Å². The van der Waals surface area contributed by atoms with E-state index < -0.39 is 0 Å². The maximum absolute atomic E-state index is 5.49. The van der Waals surface area contributed by atoms with Crippen molar-refractivity contribution in [1.29, 1.82) is 0 Å². The van der Waals surface area contributed by atoms with Gasteiger partial charge in [-0.3, -0.25) is 0 Å². The summed E-state index contributed by atoms with van der Waals surface area (Å²) in [6, 6.07) is 3.74. The van der Waals surface area contributed by atoms with Gasteiger partial charge >= 0.3 is 0 Å². The minimum Gasteiger partial charge on any atom is -0.493 e. The summed E-state index contributed by atoms with van der Waals surface area (Å²) in [5, 5.41) is 8.88. The van der Waals surface area contributed by atoms with Gasteiger partial charge < -0.3 is 24.1 Å². The van der Waals surface area contributed by atoms with Gasteiger partial charge in [-0.1, -0.05) is 0 Å². The van der Waals surface area contributed by atoms with Crippen molar-refractivity contribution in [2.24, 2.45) is 5.92 Å². The second-order valence-electron chi connectivity index (χ2n) is 9.78. The molecular weight excluding hydrogens is 446 g/mol. The van der Waals surface area contributed by atoms with Crippen LogP contribution in [0.15, 0.2) is 30.9 Å². The Morgan fingerprint density at radius 2 is 1.74 bits per heavy atom. The van der Waals surface area contributed by atoms with E-state index in [1.165, 1.54) is 12.8 Å². The molecular formula is C25H31N7O3. The third kappa shape index (κ3) is 4.48. The van der Waals surface area contributed by atoms with Gasteiger partial charge in [0.2, 0.25) is 5.75 Å². The van der Waals surface area contributed by atoms with Crippen molar-refractivity contribution >= 4 is 22.7 Å². The number of fused-ring (bicyclic) bond motifs is 1. The van der Waals surface area contributed by atoms with Gasteiger partial charge in [0.1, 0.15) is 23.8 Å². The molecule has 3 heterocycles. The number of hydrogen-bond acceptors (Lipinski definition) is 8. The van der Waals surface area contributed by atoms with Gasteiger partial charge in [0.25, 0.3) is 0 Å². The SMILES string of the molecule is COc1cc(-n2cnc(Nc3nc(CC4CC4)nc4c3cnn4C(C)(C)C)c2)cc(OC)c1OC. The van der Waals surface area contributed by atoms with Crippen molar-refractivity contribution in [3.05, 3.63) is 36.7 Å². The van der Waals surface area contributed by atoms with Crippen molar-refractivity contribution < 1.29 is 14.2 Å². The van der Waals surface area contributed by atoms with Gasteiger partial charge in [0.15, 0.2) is 17.1 Å². The molecule has 1 saturated carbocycles. The van der Waals surface area contributed by atoms with Gasteiger partial charge in [-0.2, -0.15) is 5.10 Å². The molecule has 0 radical (unpaired) electrons. The lowest BCUT2D eigenvalue weighted by atomic mass is 10.1. The summed E-state index contributed by atoms with van der Waals surface area (Å²) in [6.45, 7) is 6.36. The Hall–Kier alpha value is -3.82. The van der Waals surface area contributed by atoms with E-state index in [1.54, 1.807) is 27.7 Å². The van der Waals surface area contributed by atoms with E-state index in [-0.39, 0.29) is 5.54 Å². The zero-order chi connectivity index (χ0) is 24.7. The van der Waals surface area contributed by atoms with Crippen molar-refractivity contribution in [3.63, 3.8) is 0 Å². The van der Waals surface area contributed by atoms with Gasteiger partial charge in [0.05, 0.1) is 50.3 Å². The summed E-state index contributed by atoms with van der Waals surface area (Å²) >= 11 is 0. The third-order valence-corrected chi connectivity index (χ3v) is 6.06. The Balaban J connectivity index is 1.51. The van der Waals surface area contributed by atoms with Crippen molar-refractivity contribution in [1.82, 2.24) is 29.3 Å². The maximum Gasteiger partial charge on any atom is 0.203 e. The first-order valence-corrected chi connectivity index (χ1v) is 11.7. The number of hydrogen-bond donors (Lipinski definition) is 1. The van der Waals surface area contributed by atoms with Crippen LogP contribution in [0.25, 0.3) is 16.7 Å². The first kappa shape index (κ1) is 22.9. The van der Waals surface area contributed by atoms with Crippen LogP contribution in [0.2, 0.25) is 0 Å². The van der Waals surface area contributed by atoms with Crippen LogP contribution in [0.1, 0.15) is 39.4 Å². The van der Waals surface area contributed by atoms with Crippen molar-refractivity contribution in [2.75, 3.05) is 26.6 Å². The van der Waals surface area contributed by atoms with Crippen LogP contribution in [0, 0.1) is 5.92 Å². The number of methoxy groups -OCH3 is 3. The zero-order valence-corrected chi connectivity index (χ0v) is 21.0. The first-order valence-electron chi connectivity index (χ1n) is 11.7. The highest BCUT2D eigenvalue weighted by atomic mass is 16.5. The minimum absolute atomic E-state index is 0.196. The number of rotatable bonds is 8. The number of benzene rings is 1. The number of aromatic nitrogens is 6. The molecule has 1 aromatic carbocycles. The second kappa shape index (κ2) is 8.75. The lowest BCUT2D eigenvalue weighted by Crippen LogP contribution is -2.23. The van der Waals surface area contributed by atoms with Gasteiger partial charge in [-0.15, -0.1) is 0 Å². The van der Waals surface area contributed by atoms with Crippen LogP contribution in [0.3, 0.4) is 0 Å². The van der Waals surface area contributed by atoms with Crippen LogP contribution in [-0.4, -0.2) is 50.6 Å². The fraction of sp³-hybridized carbons (Fsp3) is 0.440. The smallest absolute Gasteiger partial charge is 0.203 e. The highest BCUT2D eigenvalue weighted by Crippen LogP contribution is 2.39. The molecule has 0 atom stereocenters. The van der Waals surface area contributed by atoms with E-state index in [2.05, 4.69) is 36.2 Å². The fourth-order valence-electron chi connectivity index (χ4n) is 4.08. The summed E-state index contributed by atoms with van der Waals surface area (Å²) in [4.78, 5) is 14.3. The maximum atomic E-state index is 5.49. The molecule has 3 aromatic heterocycles. The van der Waals surface area contributed by atoms with Crippen LogP contribution in [-0.2, 0) is 12.0 Å². The Morgan fingerprint density at radius 1 is 1.03 bits per heavy atom. The summed E-state index contributed by atoms with van der Waals surface area (Å²) in [5.74, 6) is 4.54. The zero-order valence-electron chi connectivity index (χ0n) is 21.0. The number of imidazole rings is 1. The summed E-state index contributed by atoms with van der Waals surface area (Å²) in [7, 11) is 4.78. The number of anilines is 2. The lowest BCUT2D eigenvalue weighted by molar-refractivity contribution is 0.324. The summed E-state index contributed by atoms with van der Waals surface area (Å²) in [5.41, 5.74) is 1.45. The van der Waals surface area contributed by atoms with E-state index in [9.17, 15) is 0 Å². The van der Waals surface area contributed by atoms with Gasteiger partial charge in [-0.25, -0.2) is 19.6 Å². The van der Waals surface area contributed by atoms with E-state index in [0.29, 0.717) is 34.8 Å². The lowest BCUT2D eigenvalue weighted by Gasteiger charge is -2.20. The second-order valence-corrected chi connectivity index (χ2v) is 9.78. The summed E-state index contributed by atoms with van der Waals surface area (Å²) in [6.07, 6.45) is 8.79. The molecule has 10 heteroatoms. The molecule has 1 N–H and O–H groups in total. The Morgan fingerprint density at radius 3 is 2.34 bits per heavy atom. The Kier molecular flexibility index (Phi) is 5.74.